The molecule has 3 aromatic rings. The zero-order chi connectivity index (χ0) is 15.0. The van der Waals surface area contributed by atoms with Gasteiger partial charge in [0.05, 0.1) is 11.1 Å². The number of benzene rings is 1. The summed E-state index contributed by atoms with van der Waals surface area (Å²) in [5.74, 6) is -0.958. The van der Waals surface area contributed by atoms with Crippen molar-refractivity contribution in [3.8, 4) is 0 Å². The van der Waals surface area contributed by atoms with Gasteiger partial charge in [0.1, 0.15) is 16.6 Å². The van der Waals surface area contributed by atoms with Crippen LogP contribution in [-0.2, 0) is 6.42 Å². The van der Waals surface area contributed by atoms with Crippen molar-refractivity contribution < 1.29 is 9.90 Å². The molecule has 0 fully saturated rings. The van der Waals surface area contributed by atoms with Crippen molar-refractivity contribution in [1.29, 1.82) is 0 Å². The third-order valence-electron chi connectivity index (χ3n) is 3.36. The predicted octanol–water partition coefficient (Wildman–Crippen LogP) is 2.76. The molecule has 0 radical (unpaired) electrons. The Hall–Kier alpha value is -2.28. The summed E-state index contributed by atoms with van der Waals surface area (Å²) in [4.78, 5) is 16.7. The third kappa shape index (κ3) is 2.40. The molecule has 0 amide bonds. The number of hydrogen-bond acceptors (Lipinski definition) is 5. The van der Waals surface area contributed by atoms with Crippen LogP contribution in [0.25, 0.3) is 11.0 Å². The number of aryl methyl sites for hydroxylation is 1. The molecular weight excluding hydrogens is 288 g/mol. The quantitative estimate of drug-likeness (QED) is 0.801. The molecular formula is C14H14N4O2S. The van der Waals surface area contributed by atoms with Gasteiger partial charge in [-0.15, -0.1) is 16.4 Å². The van der Waals surface area contributed by atoms with Crippen molar-refractivity contribution in [2.75, 3.05) is 0 Å². The first-order chi connectivity index (χ1) is 10.1. The highest BCUT2D eigenvalue weighted by molar-refractivity contribution is 7.11. The standard InChI is InChI=1S/C14H14N4O2S/c1-3-10-7-15-13(21-10)8(2)18-12-6-9(14(19)20)4-5-11(12)16-17-18/h4-8H,3H2,1-2H3,(H,19,20). The van der Waals surface area contributed by atoms with Gasteiger partial charge in [-0.3, -0.25) is 0 Å². The molecule has 0 saturated carbocycles. The highest BCUT2D eigenvalue weighted by Gasteiger charge is 2.17. The summed E-state index contributed by atoms with van der Waals surface area (Å²) in [6.45, 7) is 4.08. The number of aromatic nitrogens is 4. The Morgan fingerprint density at radius 3 is 2.95 bits per heavy atom. The van der Waals surface area contributed by atoms with Crippen molar-refractivity contribution in [2.45, 2.75) is 26.3 Å². The zero-order valence-corrected chi connectivity index (χ0v) is 12.5. The second-order valence-corrected chi connectivity index (χ2v) is 5.88. The molecule has 1 unspecified atom stereocenters. The molecule has 6 nitrogen and oxygen atoms in total. The Morgan fingerprint density at radius 2 is 2.29 bits per heavy atom. The average molecular weight is 302 g/mol. The van der Waals surface area contributed by atoms with E-state index in [1.54, 1.807) is 28.2 Å². The highest BCUT2D eigenvalue weighted by atomic mass is 32.1. The van der Waals surface area contributed by atoms with Gasteiger partial charge in [0.2, 0.25) is 0 Å². The number of fused-ring (bicyclic) bond motifs is 1. The smallest absolute Gasteiger partial charge is 0.335 e. The van der Waals surface area contributed by atoms with E-state index in [-0.39, 0.29) is 11.6 Å². The van der Waals surface area contributed by atoms with Crippen LogP contribution >= 0.6 is 11.3 Å². The number of carboxylic acids is 1. The van der Waals surface area contributed by atoms with Gasteiger partial charge in [0, 0.05) is 11.1 Å². The largest absolute Gasteiger partial charge is 0.478 e. The van der Waals surface area contributed by atoms with Crippen molar-refractivity contribution in [1.82, 2.24) is 20.0 Å². The van der Waals surface area contributed by atoms with Crippen molar-refractivity contribution in [3.05, 3.63) is 39.8 Å². The van der Waals surface area contributed by atoms with Crippen LogP contribution < -0.4 is 0 Å². The molecule has 0 aliphatic rings. The summed E-state index contributed by atoms with van der Waals surface area (Å²) < 4.78 is 1.72. The minimum absolute atomic E-state index is 0.0793. The summed E-state index contributed by atoms with van der Waals surface area (Å²) in [6.07, 6.45) is 2.82. The Labute approximate surface area is 125 Å². The summed E-state index contributed by atoms with van der Waals surface area (Å²) in [5.41, 5.74) is 1.61. The van der Waals surface area contributed by atoms with Crippen LogP contribution in [0.3, 0.4) is 0 Å². The lowest BCUT2D eigenvalue weighted by atomic mass is 10.2. The molecule has 7 heteroatoms. The minimum Gasteiger partial charge on any atom is -0.478 e. The van der Waals surface area contributed by atoms with E-state index < -0.39 is 5.97 Å². The van der Waals surface area contributed by atoms with Crippen LogP contribution in [0.15, 0.2) is 24.4 Å². The van der Waals surface area contributed by atoms with Crippen molar-refractivity contribution >= 4 is 28.3 Å². The molecule has 1 N–H and O–H groups in total. The molecule has 1 aromatic carbocycles. The maximum absolute atomic E-state index is 11.1. The molecule has 0 spiro atoms. The van der Waals surface area contributed by atoms with Crippen molar-refractivity contribution in [2.24, 2.45) is 0 Å². The number of hydrogen-bond donors (Lipinski definition) is 1. The number of carboxylic acid groups (broad SMARTS) is 1. The first kappa shape index (κ1) is 13.7. The number of carbonyl (C=O) groups is 1. The summed E-state index contributed by atoms with van der Waals surface area (Å²) >= 11 is 1.64. The third-order valence-corrected chi connectivity index (χ3v) is 4.67. The monoisotopic (exact) mass is 302 g/mol. The Morgan fingerprint density at radius 1 is 1.48 bits per heavy atom. The highest BCUT2D eigenvalue weighted by Crippen LogP contribution is 2.26. The molecule has 1 atom stereocenters. The topological polar surface area (TPSA) is 80.9 Å². The Balaban J connectivity index is 2.06. The number of rotatable bonds is 4. The van der Waals surface area contributed by atoms with Crippen LogP contribution in [0.4, 0.5) is 0 Å². The Bertz CT molecular complexity index is 808. The van der Waals surface area contributed by atoms with Gasteiger partial charge in [0.15, 0.2) is 0 Å². The summed E-state index contributed by atoms with van der Waals surface area (Å²) in [5, 5.41) is 18.3. The fraction of sp³-hybridized carbons (Fsp3) is 0.286. The second kappa shape index (κ2) is 5.25. The van der Waals surface area contributed by atoms with E-state index in [9.17, 15) is 4.79 Å². The van der Waals surface area contributed by atoms with E-state index in [1.165, 1.54) is 10.9 Å². The number of nitrogens with zero attached hydrogens (tertiary/aromatic N) is 4. The van der Waals surface area contributed by atoms with E-state index in [0.717, 1.165) is 11.4 Å². The van der Waals surface area contributed by atoms with Gasteiger partial charge in [-0.2, -0.15) is 0 Å². The number of thiazole rings is 1. The van der Waals surface area contributed by atoms with Crippen LogP contribution in [0.2, 0.25) is 0 Å². The fourth-order valence-corrected chi connectivity index (χ4v) is 3.03. The summed E-state index contributed by atoms with van der Waals surface area (Å²) in [6, 6.07) is 4.73. The molecule has 21 heavy (non-hydrogen) atoms. The van der Waals surface area contributed by atoms with Gasteiger partial charge in [-0.25, -0.2) is 14.5 Å². The molecule has 3 rings (SSSR count). The first-order valence-corrected chi connectivity index (χ1v) is 7.44. The molecule has 2 heterocycles. The van der Waals surface area contributed by atoms with E-state index in [0.29, 0.717) is 11.0 Å². The maximum Gasteiger partial charge on any atom is 0.335 e. The zero-order valence-electron chi connectivity index (χ0n) is 11.6. The van der Waals surface area contributed by atoms with Gasteiger partial charge < -0.3 is 5.11 Å². The van der Waals surface area contributed by atoms with E-state index in [2.05, 4.69) is 22.2 Å². The van der Waals surface area contributed by atoms with E-state index in [1.807, 2.05) is 13.1 Å². The van der Waals surface area contributed by atoms with Gasteiger partial charge >= 0.3 is 5.97 Å². The van der Waals surface area contributed by atoms with Crippen LogP contribution in [0.1, 0.15) is 40.1 Å². The van der Waals surface area contributed by atoms with Crippen LogP contribution in [0.5, 0.6) is 0 Å². The first-order valence-electron chi connectivity index (χ1n) is 6.63. The SMILES string of the molecule is CCc1cnc(C(C)n2nnc3ccc(C(=O)O)cc32)s1. The normalized spacial score (nSPS) is 12.7. The average Bonchev–Trinajstić information content (AvgIpc) is 3.12. The minimum atomic E-state index is -0.958. The summed E-state index contributed by atoms with van der Waals surface area (Å²) in [7, 11) is 0. The lowest BCUT2D eigenvalue weighted by molar-refractivity contribution is 0.0697. The molecule has 0 aliphatic heterocycles. The van der Waals surface area contributed by atoms with Gasteiger partial charge in [-0.05, 0) is 31.5 Å². The number of aromatic carboxylic acids is 1. The van der Waals surface area contributed by atoms with Crippen LogP contribution in [0, 0.1) is 0 Å². The lowest BCUT2D eigenvalue weighted by Gasteiger charge is -2.09. The fourth-order valence-electron chi connectivity index (χ4n) is 2.14. The molecule has 108 valence electrons. The molecule has 0 aliphatic carbocycles. The van der Waals surface area contributed by atoms with E-state index >= 15 is 0 Å². The maximum atomic E-state index is 11.1. The molecule has 0 saturated heterocycles. The van der Waals surface area contributed by atoms with Gasteiger partial charge in [0.25, 0.3) is 0 Å². The lowest BCUT2D eigenvalue weighted by Crippen LogP contribution is -2.08. The van der Waals surface area contributed by atoms with E-state index in [4.69, 9.17) is 5.11 Å². The molecule has 0 bridgehead atoms. The van der Waals surface area contributed by atoms with Crippen LogP contribution in [-0.4, -0.2) is 31.1 Å². The van der Waals surface area contributed by atoms with Gasteiger partial charge in [-0.1, -0.05) is 12.1 Å². The predicted molar refractivity (Wildman–Crippen MR) is 79.8 cm³/mol. The second-order valence-electron chi connectivity index (χ2n) is 4.74. The van der Waals surface area contributed by atoms with Crippen molar-refractivity contribution in [3.63, 3.8) is 0 Å². The Kier molecular flexibility index (Phi) is 3.42. The molecule has 2 aromatic heterocycles.